The van der Waals surface area contributed by atoms with Crippen LogP contribution in [0.1, 0.15) is 32.6 Å². The van der Waals surface area contributed by atoms with E-state index in [4.69, 9.17) is 0 Å². The van der Waals surface area contributed by atoms with E-state index in [0.717, 1.165) is 13.1 Å². The number of hydrogen-bond donors (Lipinski definition) is 2. The monoisotopic (exact) mass is 198 g/mol. The van der Waals surface area contributed by atoms with E-state index in [0.29, 0.717) is 6.54 Å². The maximum absolute atomic E-state index is 10.7. The molecule has 0 aromatic rings. The molecule has 0 aliphatic heterocycles. The van der Waals surface area contributed by atoms with E-state index in [1.807, 2.05) is 0 Å². The minimum absolute atomic E-state index is 0.0993. The molecule has 2 N–H and O–H groups in total. The summed E-state index contributed by atoms with van der Waals surface area (Å²) in [6.07, 6.45) is 6.40. The summed E-state index contributed by atoms with van der Waals surface area (Å²) in [6.45, 7) is 8.15. The van der Waals surface area contributed by atoms with Crippen molar-refractivity contribution in [2.75, 3.05) is 19.6 Å². The average Bonchev–Trinajstić information content (AvgIpc) is 2.21. The average molecular weight is 198 g/mol. The van der Waals surface area contributed by atoms with E-state index in [9.17, 15) is 4.79 Å². The number of carbonyl (C=O) groups is 1. The summed E-state index contributed by atoms with van der Waals surface area (Å²) in [6, 6.07) is 0. The molecule has 1 amide bonds. The summed E-state index contributed by atoms with van der Waals surface area (Å²) < 4.78 is 0. The topological polar surface area (TPSA) is 41.1 Å². The second-order valence-corrected chi connectivity index (χ2v) is 3.31. The number of amides is 1. The van der Waals surface area contributed by atoms with Crippen molar-refractivity contribution in [1.82, 2.24) is 10.6 Å². The van der Waals surface area contributed by atoms with Crippen LogP contribution in [0.2, 0.25) is 0 Å². The molecule has 0 aliphatic carbocycles. The van der Waals surface area contributed by atoms with Gasteiger partial charge in [0.25, 0.3) is 0 Å². The zero-order valence-corrected chi connectivity index (χ0v) is 9.14. The number of nitrogens with one attached hydrogen (secondary N) is 2. The van der Waals surface area contributed by atoms with Crippen LogP contribution in [-0.4, -0.2) is 25.5 Å². The maximum Gasteiger partial charge on any atom is 0.243 e. The molecule has 0 unspecified atom stereocenters. The van der Waals surface area contributed by atoms with Crippen molar-refractivity contribution in [2.24, 2.45) is 0 Å². The van der Waals surface area contributed by atoms with Crippen molar-refractivity contribution >= 4 is 5.91 Å². The van der Waals surface area contributed by atoms with E-state index >= 15 is 0 Å². The number of hydrogen-bond acceptors (Lipinski definition) is 2. The molecule has 0 heterocycles. The van der Waals surface area contributed by atoms with Crippen LogP contribution in [0.5, 0.6) is 0 Å². The molecule has 3 nitrogen and oxygen atoms in total. The summed E-state index contributed by atoms with van der Waals surface area (Å²) in [5, 5.41) is 5.99. The van der Waals surface area contributed by atoms with E-state index in [2.05, 4.69) is 24.1 Å². The molecular weight excluding hydrogens is 176 g/mol. The number of carbonyl (C=O) groups excluding carboxylic acids is 1. The Morgan fingerprint density at radius 1 is 1.21 bits per heavy atom. The molecule has 0 radical (unpaired) electrons. The van der Waals surface area contributed by atoms with Gasteiger partial charge in [-0.15, -0.1) is 0 Å². The molecule has 0 saturated heterocycles. The van der Waals surface area contributed by atoms with Gasteiger partial charge in [0.2, 0.25) is 5.91 Å². The molecule has 82 valence electrons. The third-order valence-corrected chi connectivity index (χ3v) is 1.99. The van der Waals surface area contributed by atoms with Gasteiger partial charge in [-0.3, -0.25) is 4.79 Å². The molecule has 0 atom stereocenters. The molecule has 0 rings (SSSR count). The highest BCUT2D eigenvalue weighted by Crippen LogP contribution is 1.96. The molecule has 0 saturated carbocycles. The lowest BCUT2D eigenvalue weighted by molar-refractivity contribution is -0.116. The maximum atomic E-state index is 10.7. The van der Waals surface area contributed by atoms with Gasteiger partial charge in [0.1, 0.15) is 0 Å². The Hall–Kier alpha value is -0.830. The van der Waals surface area contributed by atoms with Crippen molar-refractivity contribution in [3.05, 3.63) is 12.7 Å². The van der Waals surface area contributed by atoms with Crippen molar-refractivity contribution in [1.29, 1.82) is 0 Å². The lowest BCUT2D eigenvalue weighted by Crippen LogP contribution is -2.31. The van der Waals surface area contributed by atoms with Crippen LogP contribution in [0.15, 0.2) is 12.7 Å². The zero-order chi connectivity index (χ0) is 10.6. The minimum atomic E-state index is -0.0993. The third-order valence-electron chi connectivity index (χ3n) is 1.99. The first kappa shape index (κ1) is 13.2. The number of rotatable bonds is 9. The van der Waals surface area contributed by atoms with Crippen LogP contribution in [0.25, 0.3) is 0 Å². The molecular formula is C11H22N2O. The van der Waals surface area contributed by atoms with Crippen LogP contribution >= 0.6 is 0 Å². The Morgan fingerprint density at radius 3 is 2.64 bits per heavy atom. The quantitative estimate of drug-likeness (QED) is 0.435. The lowest BCUT2D eigenvalue weighted by atomic mass is 10.2. The Morgan fingerprint density at radius 2 is 2.00 bits per heavy atom. The molecule has 0 aromatic heterocycles. The zero-order valence-electron chi connectivity index (χ0n) is 9.14. The predicted molar refractivity (Wildman–Crippen MR) is 60.2 cm³/mol. The smallest absolute Gasteiger partial charge is 0.243 e. The van der Waals surface area contributed by atoms with Crippen molar-refractivity contribution < 1.29 is 4.79 Å². The second-order valence-electron chi connectivity index (χ2n) is 3.31. The molecule has 0 spiro atoms. The van der Waals surface area contributed by atoms with Crippen molar-refractivity contribution in [3.63, 3.8) is 0 Å². The lowest BCUT2D eigenvalue weighted by Gasteiger charge is -2.04. The molecule has 0 bridgehead atoms. The van der Waals surface area contributed by atoms with Gasteiger partial charge in [-0.25, -0.2) is 0 Å². The van der Waals surface area contributed by atoms with Crippen LogP contribution in [-0.2, 0) is 4.79 Å². The van der Waals surface area contributed by atoms with Gasteiger partial charge in [0, 0.05) is 13.1 Å². The fourth-order valence-corrected chi connectivity index (χ4v) is 1.15. The Labute approximate surface area is 87.0 Å². The fraction of sp³-hybridized carbons (Fsp3) is 0.727. The Bertz CT molecular complexity index is 157. The van der Waals surface area contributed by atoms with Gasteiger partial charge in [-0.2, -0.15) is 0 Å². The summed E-state index contributed by atoms with van der Waals surface area (Å²) in [4.78, 5) is 10.7. The van der Waals surface area contributed by atoms with Crippen LogP contribution < -0.4 is 10.6 Å². The van der Waals surface area contributed by atoms with Crippen LogP contribution in [0, 0.1) is 0 Å². The van der Waals surface area contributed by atoms with Crippen molar-refractivity contribution in [2.45, 2.75) is 32.6 Å². The molecule has 0 aliphatic rings. The molecule has 14 heavy (non-hydrogen) atoms. The third kappa shape index (κ3) is 9.26. The standard InChI is InChI=1S/C11H22N2O/c1-3-5-6-7-8-12-9-10-13-11(14)4-2/h4,12H,2-3,5-10H2,1H3,(H,13,14). The number of unbranched alkanes of at least 4 members (excludes halogenated alkanes) is 3. The van der Waals surface area contributed by atoms with E-state index in [1.165, 1.54) is 31.8 Å². The van der Waals surface area contributed by atoms with Gasteiger partial charge in [0.15, 0.2) is 0 Å². The summed E-state index contributed by atoms with van der Waals surface area (Å²) in [5.41, 5.74) is 0. The second kappa shape index (κ2) is 10.3. The van der Waals surface area contributed by atoms with E-state index in [-0.39, 0.29) is 5.91 Å². The largest absolute Gasteiger partial charge is 0.351 e. The summed E-state index contributed by atoms with van der Waals surface area (Å²) in [7, 11) is 0. The van der Waals surface area contributed by atoms with E-state index in [1.54, 1.807) is 0 Å². The van der Waals surface area contributed by atoms with E-state index < -0.39 is 0 Å². The highest BCUT2D eigenvalue weighted by atomic mass is 16.1. The Balaban J connectivity index is 2.99. The first-order valence-electron chi connectivity index (χ1n) is 5.42. The first-order chi connectivity index (χ1) is 6.81. The SMILES string of the molecule is C=CC(=O)NCCNCCCCCC. The summed E-state index contributed by atoms with van der Waals surface area (Å²) >= 11 is 0. The van der Waals surface area contributed by atoms with Crippen LogP contribution in [0.3, 0.4) is 0 Å². The first-order valence-corrected chi connectivity index (χ1v) is 5.42. The molecule has 0 fully saturated rings. The Kier molecular flexibility index (Phi) is 9.64. The van der Waals surface area contributed by atoms with Gasteiger partial charge in [-0.05, 0) is 19.0 Å². The fourth-order valence-electron chi connectivity index (χ4n) is 1.15. The normalized spacial score (nSPS) is 9.79. The van der Waals surface area contributed by atoms with Gasteiger partial charge in [0.05, 0.1) is 0 Å². The van der Waals surface area contributed by atoms with Gasteiger partial charge >= 0.3 is 0 Å². The summed E-state index contributed by atoms with van der Waals surface area (Å²) in [5.74, 6) is -0.0993. The van der Waals surface area contributed by atoms with Gasteiger partial charge < -0.3 is 10.6 Å². The highest BCUT2D eigenvalue weighted by Gasteiger charge is 1.92. The van der Waals surface area contributed by atoms with Crippen molar-refractivity contribution in [3.8, 4) is 0 Å². The predicted octanol–water partition coefficient (Wildman–Crippen LogP) is 1.46. The minimum Gasteiger partial charge on any atom is -0.351 e. The molecule has 0 aromatic carbocycles. The van der Waals surface area contributed by atoms with Gasteiger partial charge in [-0.1, -0.05) is 32.8 Å². The highest BCUT2D eigenvalue weighted by molar-refractivity contribution is 5.86. The molecule has 3 heteroatoms. The van der Waals surface area contributed by atoms with Crippen LogP contribution in [0.4, 0.5) is 0 Å².